The lowest BCUT2D eigenvalue weighted by atomic mass is 10.0. The summed E-state index contributed by atoms with van der Waals surface area (Å²) in [5.41, 5.74) is 2.83. The van der Waals surface area contributed by atoms with Gasteiger partial charge in [0.1, 0.15) is 17.2 Å². The van der Waals surface area contributed by atoms with Crippen LogP contribution in [0.15, 0.2) is 72.4 Å². The van der Waals surface area contributed by atoms with Gasteiger partial charge in [-0.1, -0.05) is 41.9 Å². The third-order valence-corrected chi connectivity index (χ3v) is 5.55. The molecule has 1 aliphatic heterocycles. The molecule has 0 aliphatic carbocycles. The zero-order valence-corrected chi connectivity index (χ0v) is 19.3. The monoisotopic (exact) mass is 462 g/mol. The number of carbonyl (C=O) groups is 2. The van der Waals surface area contributed by atoms with Gasteiger partial charge in [0, 0.05) is 5.02 Å². The van der Waals surface area contributed by atoms with E-state index in [9.17, 15) is 9.59 Å². The molecule has 3 aromatic rings. The second-order valence-corrected chi connectivity index (χ2v) is 7.85. The van der Waals surface area contributed by atoms with Crippen molar-refractivity contribution < 1.29 is 19.1 Å². The summed E-state index contributed by atoms with van der Waals surface area (Å²) in [6, 6.07) is 19.4. The molecule has 4 rings (SSSR count). The number of nitrogens with zero attached hydrogens (tertiary/aromatic N) is 1. The quantitative estimate of drug-likeness (QED) is 0.473. The van der Waals surface area contributed by atoms with E-state index in [-0.39, 0.29) is 11.3 Å². The molecule has 1 heterocycles. The number of imide groups is 1. The highest BCUT2D eigenvalue weighted by Gasteiger charge is 2.41. The van der Waals surface area contributed by atoms with Crippen molar-refractivity contribution in [2.24, 2.45) is 0 Å². The van der Waals surface area contributed by atoms with Crippen molar-refractivity contribution in [3.63, 3.8) is 0 Å². The van der Waals surface area contributed by atoms with Crippen LogP contribution in [-0.2, 0) is 9.59 Å². The average Bonchev–Trinajstić information content (AvgIpc) is 3.04. The molecule has 3 aromatic carbocycles. The summed E-state index contributed by atoms with van der Waals surface area (Å²) in [4.78, 5) is 28.4. The summed E-state index contributed by atoms with van der Waals surface area (Å²) in [6.07, 6.45) is 0. The first kappa shape index (κ1) is 22.4. The number of hydrogen-bond donors (Lipinski definition) is 1. The lowest BCUT2D eigenvalue weighted by Crippen LogP contribution is -2.33. The Morgan fingerprint density at radius 2 is 1.70 bits per heavy atom. The molecule has 0 unspecified atom stereocenters. The first-order valence-electron chi connectivity index (χ1n) is 10.5. The van der Waals surface area contributed by atoms with Crippen molar-refractivity contribution in [3.05, 3.63) is 88.6 Å². The Kier molecular flexibility index (Phi) is 6.38. The molecule has 0 fully saturated rings. The van der Waals surface area contributed by atoms with Gasteiger partial charge in [-0.3, -0.25) is 9.59 Å². The molecule has 0 saturated carbocycles. The Morgan fingerprint density at radius 1 is 0.970 bits per heavy atom. The fourth-order valence-electron chi connectivity index (χ4n) is 3.74. The maximum Gasteiger partial charge on any atom is 0.282 e. The van der Waals surface area contributed by atoms with E-state index < -0.39 is 11.8 Å². The minimum Gasteiger partial charge on any atom is -0.495 e. The largest absolute Gasteiger partial charge is 0.495 e. The van der Waals surface area contributed by atoms with Crippen molar-refractivity contribution in [1.82, 2.24) is 0 Å². The predicted octanol–water partition coefficient (Wildman–Crippen LogP) is 5.45. The zero-order chi connectivity index (χ0) is 23.5. The molecule has 7 heteroatoms. The van der Waals surface area contributed by atoms with E-state index in [2.05, 4.69) is 5.32 Å². The maximum absolute atomic E-state index is 13.6. The number of nitrogens with one attached hydrogen (secondary N) is 1. The number of rotatable bonds is 7. The highest BCUT2D eigenvalue weighted by Crippen LogP contribution is 2.37. The number of amides is 2. The van der Waals surface area contributed by atoms with Gasteiger partial charge in [-0.2, -0.15) is 0 Å². The van der Waals surface area contributed by atoms with Crippen LogP contribution in [0.25, 0.3) is 5.57 Å². The van der Waals surface area contributed by atoms with E-state index in [1.807, 2.05) is 26.0 Å². The molecule has 6 nitrogen and oxygen atoms in total. The lowest BCUT2D eigenvalue weighted by molar-refractivity contribution is -0.120. The normalized spacial score (nSPS) is 13.5. The first-order valence-corrected chi connectivity index (χ1v) is 10.8. The average molecular weight is 463 g/mol. The van der Waals surface area contributed by atoms with Gasteiger partial charge in [0.2, 0.25) is 0 Å². The summed E-state index contributed by atoms with van der Waals surface area (Å²) >= 11 is 6.18. The molecule has 168 valence electrons. The van der Waals surface area contributed by atoms with Crippen molar-refractivity contribution in [2.75, 3.05) is 23.9 Å². The van der Waals surface area contributed by atoms with E-state index in [0.717, 1.165) is 5.56 Å². The van der Waals surface area contributed by atoms with Crippen molar-refractivity contribution in [1.29, 1.82) is 0 Å². The predicted molar refractivity (Wildman–Crippen MR) is 130 cm³/mol. The molecule has 0 radical (unpaired) electrons. The van der Waals surface area contributed by atoms with Crippen LogP contribution in [0.1, 0.15) is 18.1 Å². The molecule has 2 amide bonds. The summed E-state index contributed by atoms with van der Waals surface area (Å²) in [7, 11) is 1.53. The highest BCUT2D eigenvalue weighted by atomic mass is 35.5. The van der Waals surface area contributed by atoms with Crippen molar-refractivity contribution in [3.8, 4) is 11.5 Å². The number of ether oxygens (including phenoxy) is 2. The molecule has 0 saturated heterocycles. The van der Waals surface area contributed by atoms with Gasteiger partial charge in [-0.15, -0.1) is 0 Å². The minimum absolute atomic E-state index is 0.146. The van der Waals surface area contributed by atoms with Gasteiger partial charge in [0.25, 0.3) is 11.8 Å². The Bertz CT molecular complexity index is 1250. The van der Waals surface area contributed by atoms with Crippen LogP contribution in [0.2, 0.25) is 5.02 Å². The van der Waals surface area contributed by atoms with Crippen LogP contribution < -0.4 is 19.7 Å². The molecular formula is C26H23ClN2O4. The number of carbonyl (C=O) groups excluding carboxylic acids is 2. The summed E-state index contributed by atoms with van der Waals surface area (Å²) in [6.45, 7) is 4.29. The molecule has 33 heavy (non-hydrogen) atoms. The van der Waals surface area contributed by atoms with Crippen LogP contribution in [0.3, 0.4) is 0 Å². The molecule has 0 aromatic heterocycles. The van der Waals surface area contributed by atoms with Crippen LogP contribution in [0.4, 0.5) is 11.4 Å². The van der Waals surface area contributed by atoms with Gasteiger partial charge >= 0.3 is 0 Å². The van der Waals surface area contributed by atoms with Crippen molar-refractivity contribution >= 4 is 40.4 Å². The zero-order valence-electron chi connectivity index (χ0n) is 18.5. The minimum atomic E-state index is -0.458. The molecule has 1 N–H and O–H groups in total. The highest BCUT2D eigenvalue weighted by molar-refractivity contribution is 6.46. The summed E-state index contributed by atoms with van der Waals surface area (Å²) < 4.78 is 10.9. The van der Waals surface area contributed by atoms with Crippen LogP contribution >= 0.6 is 11.6 Å². The smallest absolute Gasteiger partial charge is 0.282 e. The van der Waals surface area contributed by atoms with Gasteiger partial charge in [-0.25, -0.2) is 4.90 Å². The topological polar surface area (TPSA) is 67.9 Å². The number of aryl methyl sites for hydroxylation is 1. The summed E-state index contributed by atoms with van der Waals surface area (Å²) in [5, 5.41) is 3.58. The molecule has 0 bridgehead atoms. The maximum atomic E-state index is 13.6. The van der Waals surface area contributed by atoms with Crippen LogP contribution in [0, 0.1) is 6.92 Å². The second-order valence-electron chi connectivity index (χ2n) is 7.41. The Labute approximate surface area is 197 Å². The molecule has 0 spiro atoms. The van der Waals surface area contributed by atoms with Gasteiger partial charge in [0.15, 0.2) is 0 Å². The number of anilines is 2. The molecule has 1 aliphatic rings. The van der Waals surface area contributed by atoms with Crippen LogP contribution in [-0.4, -0.2) is 25.5 Å². The van der Waals surface area contributed by atoms with Gasteiger partial charge < -0.3 is 14.8 Å². The molecular weight excluding hydrogens is 440 g/mol. The Balaban J connectivity index is 1.84. The number of benzene rings is 3. The fraction of sp³-hybridized carbons (Fsp3) is 0.154. The Morgan fingerprint density at radius 3 is 2.36 bits per heavy atom. The number of hydrogen-bond acceptors (Lipinski definition) is 5. The van der Waals surface area contributed by atoms with E-state index in [1.54, 1.807) is 54.6 Å². The SMILES string of the molecule is CCOc1ccc(C2=C(Nc3cc(Cl)ccc3OC)C(=O)N(c3ccccc3C)C2=O)cc1. The fourth-order valence-corrected chi connectivity index (χ4v) is 3.92. The van der Waals surface area contributed by atoms with E-state index >= 15 is 0 Å². The summed E-state index contributed by atoms with van der Waals surface area (Å²) in [5.74, 6) is 0.301. The number of halogens is 1. The standard InChI is InChI=1S/C26H23ClN2O4/c1-4-33-19-12-9-17(10-13-19)23-24(28-20-15-18(27)11-14-22(20)32-3)26(31)29(25(23)30)21-8-6-5-7-16(21)2/h5-15,28H,4H2,1-3H3. The number of methoxy groups -OCH3 is 1. The van der Waals surface area contributed by atoms with E-state index in [1.165, 1.54) is 12.0 Å². The third-order valence-electron chi connectivity index (χ3n) is 5.32. The second kappa shape index (κ2) is 9.38. The van der Waals surface area contributed by atoms with E-state index in [4.69, 9.17) is 21.1 Å². The third kappa shape index (κ3) is 4.30. The number of para-hydroxylation sites is 1. The van der Waals surface area contributed by atoms with Gasteiger partial charge in [-0.05, 0) is 61.4 Å². The van der Waals surface area contributed by atoms with Crippen LogP contribution in [0.5, 0.6) is 11.5 Å². The van der Waals surface area contributed by atoms with Gasteiger partial charge in [0.05, 0.1) is 30.7 Å². The first-order chi connectivity index (χ1) is 15.9. The van der Waals surface area contributed by atoms with E-state index in [0.29, 0.717) is 40.1 Å². The van der Waals surface area contributed by atoms with Crippen molar-refractivity contribution in [2.45, 2.75) is 13.8 Å². The Hall–Kier alpha value is -3.77. The lowest BCUT2D eigenvalue weighted by Gasteiger charge is -2.18. The molecule has 0 atom stereocenters.